The molecule has 0 saturated carbocycles. The summed E-state index contributed by atoms with van der Waals surface area (Å²) in [5.74, 6) is -0.569. The molecule has 0 bridgehead atoms. The lowest BCUT2D eigenvalue weighted by molar-refractivity contribution is 0.0706. The zero-order valence-electron chi connectivity index (χ0n) is 11.9. The van der Waals surface area contributed by atoms with Crippen molar-refractivity contribution in [2.45, 2.75) is 13.1 Å². The summed E-state index contributed by atoms with van der Waals surface area (Å²) in [6, 6.07) is 15.9. The first kappa shape index (κ1) is 15.5. The fraction of sp³-hybridized carbons (Fsp3) is 0.125. The van der Waals surface area contributed by atoms with Gasteiger partial charge < -0.3 is 10.6 Å². The van der Waals surface area contributed by atoms with E-state index in [0.717, 1.165) is 11.1 Å². The Hall–Kier alpha value is -2.86. The number of carbonyl (C=O) groups excluding carboxylic acids is 2. The SMILES string of the molecule is O=C(NCc1ccccc1)NCc1ccc(C(=O)NO)cc1. The van der Waals surface area contributed by atoms with E-state index in [9.17, 15) is 9.59 Å². The quantitative estimate of drug-likeness (QED) is 0.501. The fourth-order valence-electron chi connectivity index (χ4n) is 1.86. The molecule has 0 saturated heterocycles. The van der Waals surface area contributed by atoms with Crippen molar-refractivity contribution in [3.05, 3.63) is 71.3 Å². The van der Waals surface area contributed by atoms with Crippen molar-refractivity contribution in [2.75, 3.05) is 0 Å². The molecule has 6 nitrogen and oxygen atoms in total. The molecule has 0 aliphatic carbocycles. The van der Waals surface area contributed by atoms with Crippen molar-refractivity contribution < 1.29 is 14.8 Å². The molecule has 0 aliphatic rings. The van der Waals surface area contributed by atoms with E-state index in [1.165, 1.54) is 0 Å². The Morgan fingerprint density at radius 3 is 1.91 bits per heavy atom. The molecule has 0 aliphatic heterocycles. The van der Waals surface area contributed by atoms with Crippen molar-refractivity contribution in [1.82, 2.24) is 16.1 Å². The number of carbonyl (C=O) groups is 2. The van der Waals surface area contributed by atoms with Gasteiger partial charge in [-0.3, -0.25) is 10.0 Å². The smallest absolute Gasteiger partial charge is 0.315 e. The Morgan fingerprint density at radius 1 is 0.818 bits per heavy atom. The summed E-state index contributed by atoms with van der Waals surface area (Å²) in [6.07, 6.45) is 0. The molecule has 0 radical (unpaired) electrons. The minimum Gasteiger partial charge on any atom is -0.334 e. The second-order valence-corrected chi connectivity index (χ2v) is 4.66. The monoisotopic (exact) mass is 299 g/mol. The lowest BCUT2D eigenvalue weighted by atomic mass is 10.1. The highest BCUT2D eigenvalue weighted by Crippen LogP contribution is 2.04. The standard InChI is InChI=1S/C16H17N3O3/c20-15(19-22)14-8-6-13(7-9-14)11-18-16(21)17-10-12-4-2-1-3-5-12/h1-9,22H,10-11H2,(H,19,20)(H2,17,18,21). The summed E-state index contributed by atoms with van der Waals surface area (Å²) in [4.78, 5) is 22.9. The van der Waals surface area contributed by atoms with Crippen LogP contribution in [0, 0.1) is 0 Å². The van der Waals surface area contributed by atoms with Gasteiger partial charge in [0.2, 0.25) is 0 Å². The molecule has 22 heavy (non-hydrogen) atoms. The van der Waals surface area contributed by atoms with E-state index in [4.69, 9.17) is 5.21 Å². The van der Waals surface area contributed by atoms with Crippen LogP contribution in [0.4, 0.5) is 4.79 Å². The molecule has 0 heterocycles. The molecule has 2 aromatic carbocycles. The normalized spacial score (nSPS) is 9.86. The van der Waals surface area contributed by atoms with Crippen molar-refractivity contribution in [1.29, 1.82) is 0 Å². The number of hydrogen-bond acceptors (Lipinski definition) is 3. The molecule has 0 atom stereocenters. The Morgan fingerprint density at radius 2 is 1.36 bits per heavy atom. The van der Waals surface area contributed by atoms with Crippen LogP contribution in [0.5, 0.6) is 0 Å². The van der Waals surface area contributed by atoms with Gasteiger partial charge in [0.25, 0.3) is 5.91 Å². The molecular formula is C16H17N3O3. The average Bonchev–Trinajstić information content (AvgIpc) is 2.58. The van der Waals surface area contributed by atoms with Gasteiger partial charge in [-0.15, -0.1) is 0 Å². The van der Waals surface area contributed by atoms with Crippen molar-refractivity contribution in [3.8, 4) is 0 Å². The van der Waals surface area contributed by atoms with E-state index in [2.05, 4.69) is 10.6 Å². The highest BCUT2D eigenvalue weighted by atomic mass is 16.5. The van der Waals surface area contributed by atoms with Crippen LogP contribution in [0.15, 0.2) is 54.6 Å². The highest BCUT2D eigenvalue weighted by Gasteiger charge is 2.04. The lowest BCUT2D eigenvalue weighted by Gasteiger charge is -2.08. The van der Waals surface area contributed by atoms with E-state index < -0.39 is 5.91 Å². The summed E-state index contributed by atoms with van der Waals surface area (Å²) in [5, 5.41) is 14.0. The summed E-state index contributed by atoms with van der Waals surface area (Å²) in [5.41, 5.74) is 3.79. The molecule has 3 amide bonds. The second-order valence-electron chi connectivity index (χ2n) is 4.66. The molecule has 0 aromatic heterocycles. The predicted molar refractivity (Wildman–Crippen MR) is 81.2 cm³/mol. The molecule has 4 N–H and O–H groups in total. The molecule has 6 heteroatoms. The Balaban J connectivity index is 1.77. The molecule has 114 valence electrons. The van der Waals surface area contributed by atoms with Gasteiger partial charge in [-0.2, -0.15) is 0 Å². The molecule has 0 unspecified atom stereocenters. The first-order valence-corrected chi connectivity index (χ1v) is 6.78. The summed E-state index contributed by atoms with van der Waals surface area (Å²) in [7, 11) is 0. The fourth-order valence-corrected chi connectivity index (χ4v) is 1.86. The van der Waals surface area contributed by atoms with E-state index >= 15 is 0 Å². The number of hydrogen-bond donors (Lipinski definition) is 4. The van der Waals surface area contributed by atoms with Crippen LogP contribution in [0.25, 0.3) is 0 Å². The van der Waals surface area contributed by atoms with Crippen molar-refractivity contribution in [2.24, 2.45) is 0 Å². The third kappa shape index (κ3) is 4.60. The third-order valence-corrected chi connectivity index (χ3v) is 3.07. The Kier molecular flexibility index (Phi) is 5.50. The number of nitrogens with one attached hydrogen (secondary N) is 3. The summed E-state index contributed by atoms with van der Waals surface area (Å²) >= 11 is 0. The number of amides is 3. The second kappa shape index (κ2) is 7.80. The molecule has 0 fully saturated rings. The average molecular weight is 299 g/mol. The van der Waals surface area contributed by atoms with Gasteiger partial charge in [-0.25, -0.2) is 10.3 Å². The molecule has 2 rings (SSSR count). The maximum atomic E-state index is 11.7. The van der Waals surface area contributed by atoms with Crippen LogP contribution in [-0.2, 0) is 13.1 Å². The van der Waals surface area contributed by atoms with Gasteiger partial charge in [0.15, 0.2) is 0 Å². The number of hydroxylamine groups is 1. The third-order valence-electron chi connectivity index (χ3n) is 3.07. The van der Waals surface area contributed by atoms with Gasteiger partial charge in [0.1, 0.15) is 0 Å². The maximum Gasteiger partial charge on any atom is 0.315 e. The Bertz CT molecular complexity index is 627. The van der Waals surface area contributed by atoms with Gasteiger partial charge >= 0.3 is 6.03 Å². The highest BCUT2D eigenvalue weighted by molar-refractivity contribution is 5.93. The van der Waals surface area contributed by atoms with E-state index in [1.807, 2.05) is 30.3 Å². The first-order chi connectivity index (χ1) is 10.7. The Labute approximate surface area is 128 Å². The predicted octanol–water partition coefficient (Wildman–Crippen LogP) is 1.80. The van der Waals surface area contributed by atoms with Gasteiger partial charge in [0, 0.05) is 18.7 Å². The lowest BCUT2D eigenvalue weighted by Crippen LogP contribution is -2.34. The minimum atomic E-state index is -0.569. The zero-order chi connectivity index (χ0) is 15.8. The van der Waals surface area contributed by atoms with Gasteiger partial charge in [-0.05, 0) is 23.3 Å². The van der Waals surface area contributed by atoms with Crippen LogP contribution >= 0.6 is 0 Å². The van der Waals surface area contributed by atoms with Crippen LogP contribution in [0.2, 0.25) is 0 Å². The first-order valence-electron chi connectivity index (χ1n) is 6.78. The van der Waals surface area contributed by atoms with Crippen LogP contribution < -0.4 is 16.1 Å². The van der Waals surface area contributed by atoms with Gasteiger partial charge in [0.05, 0.1) is 0 Å². The van der Waals surface area contributed by atoms with Crippen LogP contribution in [0.3, 0.4) is 0 Å². The van der Waals surface area contributed by atoms with E-state index in [1.54, 1.807) is 29.7 Å². The number of rotatable bonds is 5. The summed E-state index contributed by atoms with van der Waals surface area (Å²) < 4.78 is 0. The van der Waals surface area contributed by atoms with Crippen molar-refractivity contribution in [3.63, 3.8) is 0 Å². The van der Waals surface area contributed by atoms with Crippen molar-refractivity contribution >= 4 is 11.9 Å². The topological polar surface area (TPSA) is 90.5 Å². The van der Waals surface area contributed by atoms with E-state index in [0.29, 0.717) is 18.7 Å². The largest absolute Gasteiger partial charge is 0.334 e. The van der Waals surface area contributed by atoms with E-state index in [-0.39, 0.29) is 6.03 Å². The van der Waals surface area contributed by atoms with Gasteiger partial charge in [-0.1, -0.05) is 42.5 Å². The van der Waals surface area contributed by atoms with Crippen LogP contribution in [-0.4, -0.2) is 17.1 Å². The molecule has 0 spiro atoms. The number of urea groups is 1. The zero-order valence-corrected chi connectivity index (χ0v) is 11.9. The number of benzene rings is 2. The molecular weight excluding hydrogens is 282 g/mol. The minimum absolute atomic E-state index is 0.263. The molecule has 2 aromatic rings. The maximum absolute atomic E-state index is 11.7. The summed E-state index contributed by atoms with van der Waals surface area (Å²) in [6.45, 7) is 0.809. The van der Waals surface area contributed by atoms with Crippen LogP contribution in [0.1, 0.15) is 21.5 Å².